The molecular formula is C35H48F6O10. The van der Waals surface area contributed by atoms with Gasteiger partial charge in [-0.15, -0.1) is 0 Å². The number of fused-ring (bicyclic) bond motifs is 4. The Balaban J connectivity index is 0.982. The second-order valence-corrected chi connectivity index (χ2v) is 16.6. The normalized spacial score (nSPS) is 50.6. The number of hydrogen-bond donors (Lipinski definition) is 0. The van der Waals surface area contributed by atoms with E-state index in [0.29, 0.717) is 51.4 Å². The van der Waals surface area contributed by atoms with Gasteiger partial charge in [0.15, 0.2) is 17.5 Å². The first-order valence-corrected chi connectivity index (χ1v) is 18.4. The van der Waals surface area contributed by atoms with Gasteiger partial charge >= 0.3 is 12.4 Å². The van der Waals surface area contributed by atoms with Gasteiger partial charge in [0, 0.05) is 48.7 Å². The van der Waals surface area contributed by atoms with Crippen molar-refractivity contribution in [2.24, 2.45) is 41.4 Å². The molecule has 10 rings (SSSR count). The van der Waals surface area contributed by atoms with E-state index in [1.165, 1.54) is 6.92 Å². The highest BCUT2D eigenvalue weighted by Crippen LogP contribution is 2.65. The monoisotopic (exact) mass is 742 g/mol. The molecule has 0 N–H and O–H groups in total. The first-order valence-electron chi connectivity index (χ1n) is 18.4. The minimum absolute atomic E-state index is 0.0547. The van der Waals surface area contributed by atoms with Gasteiger partial charge in [-0.25, -0.2) is 19.6 Å². The zero-order chi connectivity index (χ0) is 36.4. The number of halogens is 6. The van der Waals surface area contributed by atoms with Gasteiger partial charge in [0.1, 0.15) is 0 Å². The maximum Gasteiger partial charge on any atom is 0.449 e. The van der Waals surface area contributed by atoms with Crippen molar-refractivity contribution in [2.75, 3.05) is 19.8 Å². The summed E-state index contributed by atoms with van der Waals surface area (Å²) in [5.41, 5.74) is -2.63. The Kier molecular flexibility index (Phi) is 8.73. The van der Waals surface area contributed by atoms with Crippen molar-refractivity contribution < 1.29 is 74.3 Å². The third kappa shape index (κ3) is 5.38. The van der Waals surface area contributed by atoms with Crippen LogP contribution in [0.15, 0.2) is 11.3 Å². The van der Waals surface area contributed by atoms with Crippen LogP contribution in [0.1, 0.15) is 92.4 Å². The summed E-state index contributed by atoms with van der Waals surface area (Å²) in [6.07, 6.45) is -8.23. The summed E-state index contributed by atoms with van der Waals surface area (Å²) in [5.74, 6) is -9.35. The van der Waals surface area contributed by atoms with Crippen molar-refractivity contribution in [1.29, 1.82) is 0 Å². The topological polar surface area (TPSA) is 92.3 Å². The third-order valence-corrected chi connectivity index (χ3v) is 13.6. The molecule has 0 aromatic heterocycles. The highest BCUT2D eigenvalue weighted by molar-refractivity contribution is 5.28. The Hall–Kier alpha value is -1.24. The van der Waals surface area contributed by atoms with Crippen LogP contribution in [0.4, 0.5) is 26.3 Å². The molecule has 51 heavy (non-hydrogen) atoms. The quantitative estimate of drug-likeness (QED) is 0.148. The van der Waals surface area contributed by atoms with Crippen LogP contribution in [0.2, 0.25) is 0 Å². The molecule has 8 heterocycles. The van der Waals surface area contributed by atoms with Crippen molar-refractivity contribution >= 4 is 0 Å². The van der Waals surface area contributed by atoms with E-state index in [1.54, 1.807) is 13.8 Å². The van der Waals surface area contributed by atoms with Crippen LogP contribution in [0.5, 0.6) is 0 Å². The van der Waals surface area contributed by atoms with Gasteiger partial charge in [-0.05, 0) is 76.5 Å². The maximum absolute atomic E-state index is 15.2. The van der Waals surface area contributed by atoms with Crippen LogP contribution >= 0.6 is 0 Å². The van der Waals surface area contributed by atoms with Crippen molar-refractivity contribution in [2.45, 2.75) is 146 Å². The van der Waals surface area contributed by atoms with E-state index in [-0.39, 0.29) is 42.3 Å². The highest BCUT2D eigenvalue weighted by Gasteiger charge is 2.77. The average molecular weight is 743 g/mol. The van der Waals surface area contributed by atoms with Crippen molar-refractivity contribution in [1.82, 2.24) is 0 Å². The van der Waals surface area contributed by atoms with Crippen LogP contribution in [-0.2, 0) is 48.0 Å². The number of hydrogen-bond acceptors (Lipinski definition) is 10. The van der Waals surface area contributed by atoms with E-state index in [2.05, 4.69) is 6.92 Å². The minimum atomic E-state index is -4.95. The van der Waals surface area contributed by atoms with Gasteiger partial charge in [0.2, 0.25) is 23.6 Å². The molecule has 8 aliphatic heterocycles. The van der Waals surface area contributed by atoms with Gasteiger partial charge < -0.3 is 28.4 Å². The second-order valence-electron chi connectivity index (χ2n) is 16.6. The molecule has 2 saturated carbocycles. The minimum Gasteiger partial charge on any atom is -0.456 e. The molecule has 0 aromatic carbocycles. The van der Waals surface area contributed by atoms with Crippen LogP contribution in [0.3, 0.4) is 0 Å². The molecular weight excluding hydrogens is 694 g/mol. The Morgan fingerprint density at radius 2 is 1.29 bits per heavy atom. The van der Waals surface area contributed by atoms with Gasteiger partial charge in [-0.1, -0.05) is 20.8 Å². The molecule has 4 unspecified atom stereocenters. The van der Waals surface area contributed by atoms with Gasteiger partial charge in [0.05, 0.1) is 13.2 Å². The molecule has 10 aliphatic rings. The number of allylic oxidation sites excluding steroid dienone is 1. The number of rotatable bonds is 7. The van der Waals surface area contributed by atoms with E-state index in [9.17, 15) is 13.2 Å². The summed E-state index contributed by atoms with van der Waals surface area (Å²) in [6, 6.07) is 0. The lowest BCUT2D eigenvalue weighted by Gasteiger charge is -2.62. The molecule has 0 radical (unpaired) electrons. The standard InChI is InChI=1S/C35H48F6O10/c1-18-7-9-24-20(3)33(35(39,40)41,47-28-31(24)22(18)11-14-30(5,46-28)49-50-31)43-16-6-15-42-17-21-25-10-8-19(2)23-12-13-29(4)45-27(32(23,25)51-48-29)44-26(21)34(36,37)38/h18-20,22-25,27-28H,6-17H2,1-5H3/t18-,19-,20-,22?,23?,24+,25+,27-,28+,29+,30+,31?,32?,33-/m1/s1. The summed E-state index contributed by atoms with van der Waals surface area (Å²) in [6.45, 7) is 7.73. The molecule has 290 valence electrons. The SMILES string of the molecule is C[C@@H]1CC[C@H]2C(COCCCO[C@@]3(C(F)(F)F)O[C@@H]4O[C@]5(C)CCC6[C@H](C)CC[C@@H]([C@H]3C)C64OO5)=C(C(F)(F)F)O[C@@H]3O[C@]4(C)CCC1C32OO4. The van der Waals surface area contributed by atoms with Crippen LogP contribution in [0, 0.1) is 41.4 Å². The smallest absolute Gasteiger partial charge is 0.449 e. The molecule has 7 saturated heterocycles. The molecule has 0 aromatic rings. The summed E-state index contributed by atoms with van der Waals surface area (Å²) in [4.78, 5) is 23.4. The summed E-state index contributed by atoms with van der Waals surface area (Å²) >= 11 is 0. The number of alkyl halides is 6. The van der Waals surface area contributed by atoms with Gasteiger partial charge in [-0.3, -0.25) is 0 Å². The fraction of sp³-hybridized carbons (Fsp3) is 0.943. The predicted octanol–water partition coefficient (Wildman–Crippen LogP) is 7.61. The lowest BCUT2D eigenvalue weighted by atomic mass is 9.57. The zero-order valence-corrected chi connectivity index (χ0v) is 29.5. The Morgan fingerprint density at radius 1 is 0.686 bits per heavy atom. The first-order chi connectivity index (χ1) is 23.9. The summed E-state index contributed by atoms with van der Waals surface area (Å²) in [5, 5.41) is 0. The van der Waals surface area contributed by atoms with Crippen molar-refractivity contribution in [3.8, 4) is 0 Å². The summed E-state index contributed by atoms with van der Waals surface area (Å²) < 4.78 is 124. The number of ether oxygens (including phenoxy) is 6. The molecule has 2 spiro atoms. The largest absolute Gasteiger partial charge is 0.456 e. The Bertz CT molecular complexity index is 1400. The third-order valence-electron chi connectivity index (χ3n) is 13.6. The second kappa shape index (κ2) is 12.1. The molecule has 14 atom stereocenters. The summed E-state index contributed by atoms with van der Waals surface area (Å²) in [7, 11) is 0. The molecule has 2 aliphatic carbocycles. The fourth-order valence-electron chi connectivity index (χ4n) is 11.0. The molecule has 0 amide bonds. The van der Waals surface area contributed by atoms with Crippen LogP contribution in [-0.4, -0.2) is 73.3 Å². The van der Waals surface area contributed by atoms with E-state index in [1.807, 2.05) is 6.92 Å². The van der Waals surface area contributed by atoms with E-state index in [4.69, 9.17) is 48.0 Å². The molecule has 16 heteroatoms. The lowest BCUT2D eigenvalue weighted by Crippen LogP contribution is -2.76. The average Bonchev–Trinajstić information content (AvgIpc) is 3.42. The van der Waals surface area contributed by atoms with Gasteiger partial charge in [-0.2, -0.15) is 26.3 Å². The Morgan fingerprint density at radius 3 is 1.94 bits per heavy atom. The highest BCUT2D eigenvalue weighted by atomic mass is 19.4. The lowest BCUT2D eigenvalue weighted by molar-refractivity contribution is -0.598. The first kappa shape index (κ1) is 36.7. The molecule has 4 bridgehead atoms. The van der Waals surface area contributed by atoms with Crippen molar-refractivity contribution in [3.05, 3.63) is 11.3 Å². The van der Waals surface area contributed by atoms with Gasteiger partial charge in [0.25, 0.3) is 5.79 Å². The van der Waals surface area contributed by atoms with Crippen LogP contribution in [0.25, 0.3) is 0 Å². The Labute approximate surface area is 292 Å². The predicted molar refractivity (Wildman–Crippen MR) is 160 cm³/mol. The van der Waals surface area contributed by atoms with E-state index >= 15 is 13.2 Å². The zero-order valence-electron chi connectivity index (χ0n) is 29.5. The molecule has 9 fully saturated rings. The fourth-order valence-corrected chi connectivity index (χ4v) is 11.0. The van der Waals surface area contributed by atoms with Crippen LogP contribution < -0.4 is 0 Å². The molecule has 10 nitrogen and oxygen atoms in total. The van der Waals surface area contributed by atoms with Crippen molar-refractivity contribution in [3.63, 3.8) is 0 Å². The maximum atomic E-state index is 15.2. The van der Waals surface area contributed by atoms with E-state index in [0.717, 1.165) is 0 Å². The van der Waals surface area contributed by atoms with E-state index < -0.39 is 90.2 Å².